The monoisotopic (exact) mass is 512 g/mol. The molecule has 8 nitrogen and oxygen atoms in total. The normalized spacial score (nSPS) is 15.1. The predicted octanol–water partition coefficient (Wildman–Crippen LogP) is 4.74. The van der Waals surface area contributed by atoms with Crippen LogP contribution in [0.3, 0.4) is 0 Å². The molecule has 1 fully saturated rings. The molecule has 0 radical (unpaired) electrons. The van der Waals surface area contributed by atoms with Crippen molar-refractivity contribution in [3.63, 3.8) is 0 Å². The number of anilines is 2. The Balaban J connectivity index is 1.31. The number of thiophene rings is 1. The maximum absolute atomic E-state index is 13.1. The predicted molar refractivity (Wildman–Crippen MR) is 129 cm³/mol. The number of amides is 2. The summed E-state index contributed by atoms with van der Waals surface area (Å²) in [6.07, 6.45) is 3.80. The zero-order valence-corrected chi connectivity index (χ0v) is 20.7. The van der Waals surface area contributed by atoms with Gasteiger partial charge in [0, 0.05) is 4.88 Å². The van der Waals surface area contributed by atoms with Crippen LogP contribution < -0.4 is 10.6 Å². The minimum absolute atomic E-state index is 0.0186. The van der Waals surface area contributed by atoms with Crippen LogP contribution in [0.25, 0.3) is 0 Å². The average molecular weight is 513 g/mol. The highest BCUT2D eigenvalue weighted by atomic mass is 32.2. The molecule has 3 aromatic heterocycles. The molecule has 0 atom stereocenters. The lowest BCUT2D eigenvalue weighted by molar-refractivity contribution is -0.121. The third-order valence-corrected chi connectivity index (χ3v) is 9.66. The largest absolute Gasteiger partial charge is 0.300 e. The first kappa shape index (κ1) is 22.6. The summed E-state index contributed by atoms with van der Waals surface area (Å²) in [5.41, 5.74) is -0.469. The van der Waals surface area contributed by atoms with Gasteiger partial charge in [0.15, 0.2) is 8.68 Å². The maximum atomic E-state index is 13.1. The zero-order chi connectivity index (χ0) is 21.7. The van der Waals surface area contributed by atoms with Crippen LogP contribution in [-0.4, -0.2) is 43.7 Å². The highest BCUT2D eigenvalue weighted by Crippen LogP contribution is 2.44. The van der Waals surface area contributed by atoms with E-state index in [-0.39, 0.29) is 17.6 Å². The van der Waals surface area contributed by atoms with Crippen molar-refractivity contribution < 1.29 is 9.59 Å². The number of carbonyl (C=O) groups is 2. The minimum atomic E-state index is -0.469. The maximum Gasteiger partial charge on any atom is 0.237 e. The van der Waals surface area contributed by atoms with E-state index in [4.69, 9.17) is 0 Å². The van der Waals surface area contributed by atoms with E-state index in [0.717, 1.165) is 40.7 Å². The van der Waals surface area contributed by atoms with Gasteiger partial charge in [-0.15, -0.1) is 31.7 Å². The van der Waals surface area contributed by atoms with Crippen molar-refractivity contribution in [3.8, 4) is 0 Å². The van der Waals surface area contributed by atoms with Crippen LogP contribution in [0.1, 0.15) is 37.5 Å². The van der Waals surface area contributed by atoms with Crippen molar-refractivity contribution in [2.75, 3.05) is 22.1 Å². The summed E-state index contributed by atoms with van der Waals surface area (Å²) in [4.78, 5) is 26.4. The number of hydrogen-bond acceptors (Lipinski definition) is 11. The molecule has 31 heavy (non-hydrogen) atoms. The summed E-state index contributed by atoms with van der Waals surface area (Å²) in [6, 6.07) is 4.03. The molecule has 3 heterocycles. The van der Waals surface area contributed by atoms with Gasteiger partial charge in [-0.25, -0.2) is 0 Å². The van der Waals surface area contributed by atoms with Gasteiger partial charge < -0.3 is 0 Å². The second kappa shape index (κ2) is 10.4. The molecule has 164 valence electrons. The number of nitrogens with zero attached hydrogens (tertiary/aromatic N) is 4. The van der Waals surface area contributed by atoms with Gasteiger partial charge in [-0.05, 0) is 30.0 Å². The van der Waals surface area contributed by atoms with Gasteiger partial charge in [-0.2, -0.15) is 0 Å². The first-order valence-corrected chi connectivity index (χ1v) is 14.2. The zero-order valence-electron chi connectivity index (χ0n) is 16.6. The number of aromatic nitrogens is 4. The van der Waals surface area contributed by atoms with E-state index >= 15 is 0 Å². The molecule has 1 aliphatic rings. The lowest BCUT2D eigenvalue weighted by atomic mass is 9.83. The Morgan fingerprint density at radius 2 is 1.71 bits per heavy atom. The quantitative estimate of drug-likeness (QED) is 0.312. The second-order valence-electron chi connectivity index (χ2n) is 6.74. The highest BCUT2D eigenvalue weighted by Gasteiger charge is 2.43. The Morgan fingerprint density at radius 1 is 1.03 bits per heavy atom. The number of carbonyl (C=O) groups excluding carboxylic acids is 2. The first-order chi connectivity index (χ1) is 15.1. The molecular weight excluding hydrogens is 493 g/mol. The fraction of sp³-hybridized carbons (Fsp3) is 0.444. The van der Waals surface area contributed by atoms with E-state index < -0.39 is 5.41 Å². The summed E-state index contributed by atoms with van der Waals surface area (Å²) in [5.74, 6) is 0.882. The molecule has 13 heteroatoms. The smallest absolute Gasteiger partial charge is 0.237 e. The van der Waals surface area contributed by atoms with Crippen LogP contribution in [0.5, 0.6) is 0 Å². The van der Waals surface area contributed by atoms with Crippen LogP contribution in [0.2, 0.25) is 0 Å². The van der Waals surface area contributed by atoms with Crippen LogP contribution >= 0.6 is 57.5 Å². The average Bonchev–Trinajstić information content (AvgIpc) is 3.53. The molecule has 0 spiro atoms. The van der Waals surface area contributed by atoms with Crippen molar-refractivity contribution in [1.82, 2.24) is 20.4 Å². The second-order valence-corrected chi connectivity index (χ2v) is 12.4. The number of hydrogen-bond donors (Lipinski definition) is 2. The van der Waals surface area contributed by atoms with E-state index in [2.05, 4.69) is 31.0 Å². The van der Waals surface area contributed by atoms with Crippen molar-refractivity contribution in [1.29, 1.82) is 0 Å². The van der Waals surface area contributed by atoms with Gasteiger partial charge in [0.05, 0.1) is 11.2 Å². The molecule has 0 aromatic carbocycles. The van der Waals surface area contributed by atoms with Gasteiger partial charge in [-0.1, -0.05) is 72.0 Å². The van der Waals surface area contributed by atoms with Crippen molar-refractivity contribution in [2.45, 2.75) is 46.7 Å². The van der Waals surface area contributed by atoms with Gasteiger partial charge in [0.2, 0.25) is 22.1 Å². The summed E-state index contributed by atoms with van der Waals surface area (Å²) >= 11 is 7.13. The Labute approximate surface area is 200 Å². The van der Waals surface area contributed by atoms with Gasteiger partial charge in [0.1, 0.15) is 0 Å². The van der Waals surface area contributed by atoms with Crippen molar-refractivity contribution >= 4 is 79.6 Å². The van der Waals surface area contributed by atoms with Crippen LogP contribution in [0.15, 0.2) is 26.2 Å². The standard InChI is InChI=1S/C18H20N6O2S5/c1-2-27-16-23-21-14(30-16)19-12(25)10-29-17-24-22-15(31-17)20-13(26)18(7-3-4-8-18)11-6-5-9-28-11/h5-6,9H,2-4,7-8,10H2,1H3,(H,19,21,25)(H,20,22,26). The van der Waals surface area contributed by atoms with Crippen molar-refractivity contribution in [3.05, 3.63) is 22.4 Å². The molecule has 0 unspecified atom stereocenters. The highest BCUT2D eigenvalue weighted by molar-refractivity contribution is 8.01. The fourth-order valence-corrected chi connectivity index (χ4v) is 7.57. The molecule has 3 aromatic rings. The number of nitrogens with one attached hydrogen (secondary N) is 2. The summed E-state index contributed by atoms with van der Waals surface area (Å²) in [5, 5.41) is 24.8. The summed E-state index contributed by atoms with van der Waals surface area (Å²) < 4.78 is 1.46. The molecule has 1 saturated carbocycles. The Kier molecular flexibility index (Phi) is 7.59. The van der Waals surface area contributed by atoms with E-state index in [1.807, 2.05) is 24.4 Å². The summed E-state index contributed by atoms with van der Waals surface area (Å²) in [6.45, 7) is 2.04. The molecule has 0 aliphatic heterocycles. The molecular formula is C18H20N6O2S5. The first-order valence-electron chi connectivity index (χ1n) is 9.67. The Hall–Kier alpha value is -1.54. The van der Waals surface area contributed by atoms with E-state index in [1.54, 1.807) is 23.1 Å². The third-order valence-electron chi connectivity index (χ3n) is 4.76. The number of thioether (sulfide) groups is 2. The molecule has 1 aliphatic carbocycles. The fourth-order valence-electron chi connectivity index (χ4n) is 3.37. The van der Waals surface area contributed by atoms with Crippen molar-refractivity contribution in [2.24, 2.45) is 0 Å². The molecule has 0 bridgehead atoms. The van der Waals surface area contributed by atoms with E-state index in [1.165, 1.54) is 34.4 Å². The van der Waals surface area contributed by atoms with Crippen LogP contribution in [0, 0.1) is 0 Å². The topological polar surface area (TPSA) is 110 Å². The Morgan fingerprint density at radius 3 is 2.35 bits per heavy atom. The van der Waals surface area contributed by atoms with Gasteiger partial charge in [0.25, 0.3) is 0 Å². The lowest BCUT2D eigenvalue weighted by Gasteiger charge is -2.25. The van der Waals surface area contributed by atoms with E-state index in [0.29, 0.717) is 14.6 Å². The minimum Gasteiger partial charge on any atom is -0.300 e. The van der Waals surface area contributed by atoms with Gasteiger partial charge in [-0.3, -0.25) is 20.2 Å². The molecule has 2 amide bonds. The third kappa shape index (κ3) is 5.45. The molecule has 4 rings (SSSR count). The SMILES string of the molecule is CCSc1nnc(NC(=O)CSc2nnc(NC(=O)C3(c4cccs4)CCCC3)s2)s1. The Bertz CT molecular complexity index is 1030. The summed E-state index contributed by atoms with van der Waals surface area (Å²) in [7, 11) is 0. The van der Waals surface area contributed by atoms with Gasteiger partial charge >= 0.3 is 0 Å². The van der Waals surface area contributed by atoms with Crippen LogP contribution in [-0.2, 0) is 15.0 Å². The molecule has 2 N–H and O–H groups in total. The number of rotatable bonds is 9. The lowest BCUT2D eigenvalue weighted by Crippen LogP contribution is -2.37. The molecule has 0 saturated heterocycles. The van der Waals surface area contributed by atoms with Crippen LogP contribution in [0.4, 0.5) is 10.3 Å². The van der Waals surface area contributed by atoms with E-state index in [9.17, 15) is 9.59 Å².